The van der Waals surface area contributed by atoms with E-state index in [1.807, 2.05) is 26.0 Å². The highest BCUT2D eigenvalue weighted by Gasteiger charge is 2.23. The molecule has 1 aliphatic heterocycles. The zero-order valence-electron chi connectivity index (χ0n) is 14.7. The molecule has 0 fully saturated rings. The van der Waals surface area contributed by atoms with E-state index in [9.17, 15) is 9.90 Å². The van der Waals surface area contributed by atoms with Gasteiger partial charge < -0.3 is 19.9 Å². The number of aliphatic hydroxyl groups excluding tert-OH is 1. The predicted molar refractivity (Wildman–Crippen MR) is 91.4 cm³/mol. The maximum absolute atomic E-state index is 12.2. The second-order valence-corrected chi connectivity index (χ2v) is 6.20. The molecule has 2 atom stereocenters. The lowest BCUT2D eigenvalue weighted by atomic mass is 10.1. The van der Waals surface area contributed by atoms with Crippen LogP contribution in [0.15, 0.2) is 24.5 Å². The van der Waals surface area contributed by atoms with Gasteiger partial charge in [-0.15, -0.1) is 0 Å². The van der Waals surface area contributed by atoms with E-state index in [1.165, 1.54) is 10.9 Å². The standard InChI is InChI=1S/C18H23N3O4/c1-4-24-15-6-12-5-11(2)25-16(12)7-13(15)8-19-18(23)17(22)14-9-20-21(3)10-14/h6-7,9-11,17,22H,4-5,8H2,1-3H3,(H,19,23)/t11-,17-/m1/s1. The molecule has 0 bridgehead atoms. The summed E-state index contributed by atoms with van der Waals surface area (Å²) in [6, 6.07) is 3.88. The van der Waals surface area contributed by atoms with Crippen LogP contribution in [-0.4, -0.2) is 33.5 Å². The molecule has 1 aromatic heterocycles. The van der Waals surface area contributed by atoms with Gasteiger partial charge in [-0.1, -0.05) is 0 Å². The summed E-state index contributed by atoms with van der Waals surface area (Å²) in [5.74, 6) is 1.08. The van der Waals surface area contributed by atoms with E-state index in [4.69, 9.17) is 9.47 Å². The molecule has 0 radical (unpaired) electrons. The number of fused-ring (bicyclic) bond motifs is 1. The van der Waals surface area contributed by atoms with Crippen LogP contribution in [0.3, 0.4) is 0 Å². The first-order chi connectivity index (χ1) is 12.0. The number of rotatable bonds is 6. The Morgan fingerprint density at radius 1 is 1.56 bits per heavy atom. The number of hydrogen-bond donors (Lipinski definition) is 2. The van der Waals surface area contributed by atoms with Crippen molar-refractivity contribution in [3.8, 4) is 11.5 Å². The quantitative estimate of drug-likeness (QED) is 0.828. The average Bonchev–Trinajstić information content (AvgIpc) is 3.16. The van der Waals surface area contributed by atoms with Crippen LogP contribution in [0.4, 0.5) is 0 Å². The van der Waals surface area contributed by atoms with Gasteiger partial charge in [0.05, 0.1) is 12.8 Å². The first-order valence-electron chi connectivity index (χ1n) is 8.37. The third-order valence-electron chi connectivity index (χ3n) is 4.12. The number of hydrogen-bond acceptors (Lipinski definition) is 5. The molecule has 25 heavy (non-hydrogen) atoms. The second-order valence-electron chi connectivity index (χ2n) is 6.20. The summed E-state index contributed by atoms with van der Waals surface area (Å²) < 4.78 is 13.0. The van der Waals surface area contributed by atoms with Crippen LogP contribution < -0.4 is 14.8 Å². The minimum absolute atomic E-state index is 0.140. The van der Waals surface area contributed by atoms with Gasteiger partial charge >= 0.3 is 0 Å². The summed E-state index contributed by atoms with van der Waals surface area (Å²) in [5, 5.41) is 16.8. The van der Waals surface area contributed by atoms with Gasteiger partial charge in [-0.05, 0) is 26.0 Å². The lowest BCUT2D eigenvalue weighted by molar-refractivity contribution is -0.129. The van der Waals surface area contributed by atoms with Crippen LogP contribution in [0, 0.1) is 0 Å². The van der Waals surface area contributed by atoms with Gasteiger partial charge in [0.15, 0.2) is 6.10 Å². The molecule has 0 saturated carbocycles. The number of benzene rings is 1. The van der Waals surface area contributed by atoms with Crippen molar-refractivity contribution < 1.29 is 19.4 Å². The molecule has 2 N–H and O–H groups in total. The molecule has 0 aliphatic carbocycles. The number of nitrogens with one attached hydrogen (secondary N) is 1. The smallest absolute Gasteiger partial charge is 0.253 e. The van der Waals surface area contributed by atoms with E-state index < -0.39 is 12.0 Å². The molecule has 1 amide bonds. The lowest BCUT2D eigenvalue weighted by Gasteiger charge is -2.14. The Balaban J connectivity index is 1.71. The number of carbonyl (C=O) groups is 1. The monoisotopic (exact) mass is 345 g/mol. The Hall–Kier alpha value is -2.54. The Morgan fingerprint density at radius 2 is 2.36 bits per heavy atom. The molecular formula is C18H23N3O4. The number of aromatic nitrogens is 2. The van der Waals surface area contributed by atoms with Gasteiger partial charge in [-0.25, -0.2) is 0 Å². The van der Waals surface area contributed by atoms with Crippen molar-refractivity contribution in [2.24, 2.45) is 7.05 Å². The molecule has 0 spiro atoms. The van der Waals surface area contributed by atoms with Crippen LogP contribution in [-0.2, 0) is 24.8 Å². The molecule has 0 saturated heterocycles. The van der Waals surface area contributed by atoms with Gasteiger partial charge in [0.1, 0.15) is 17.6 Å². The van der Waals surface area contributed by atoms with Crippen LogP contribution in [0.2, 0.25) is 0 Å². The molecule has 7 heteroatoms. The van der Waals surface area contributed by atoms with Crippen molar-refractivity contribution in [1.29, 1.82) is 0 Å². The maximum atomic E-state index is 12.2. The van der Waals surface area contributed by atoms with Crippen molar-refractivity contribution in [1.82, 2.24) is 15.1 Å². The summed E-state index contributed by atoms with van der Waals surface area (Å²) in [4.78, 5) is 12.2. The van der Waals surface area contributed by atoms with Crippen molar-refractivity contribution >= 4 is 5.91 Å². The van der Waals surface area contributed by atoms with E-state index >= 15 is 0 Å². The van der Waals surface area contributed by atoms with Crippen molar-refractivity contribution in [3.05, 3.63) is 41.2 Å². The van der Waals surface area contributed by atoms with E-state index in [0.29, 0.717) is 12.2 Å². The fraction of sp³-hybridized carbons (Fsp3) is 0.444. The molecule has 1 aromatic carbocycles. The SMILES string of the molecule is CCOc1cc2c(cc1CNC(=O)[C@H](O)c1cnn(C)c1)O[C@H](C)C2. The topological polar surface area (TPSA) is 85.6 Å². The van der Waals surface area contributed by atoms with Crippen LogP contribution in [0.25, 0.3) is 0 Å². The van der Waals surface area contributed by atoms with E-state index in [-0.39, 0.29) is 12.6 Å². The summed E-state index contributed by atoms with van der Waals surface area (Å²) in [5.41, 5.74) is 2.39. The Morgan fingerprint density at radius 3 is 3.04 bits per heavy atom. The highest BCUT2D eigenvalue weighted by Crippen LogP contribution is 2.35. The Labute approximate surface area is 146 Å². The van der Waals surface area contributed by atoms with Gasteiger partial charge in [0.2, 0.25) is 0 Å². The molecule has 3 rings (SSSR count). The number of nitrogens with zero attached hydrogens (tertiary/aromatic N) is 2. The first kappa shape index (κ1) is 17.3. The third-order valence-corrected chi connectivity index (χ3v) is 4.12. The van der Waals surface area contributed by atoms with Crippen molar-refractivity contribution in [2.45, 2.75) is 39.0 Å². The summed E-state index contributed by atoms with van der Waals surface area (Å²) in [6.07, 6.45) is 2.82. The van der Waals surface area contributed by atoms with Gasteiger partial charge in [0.25, 0.3) is 5.91 Å². The molecule has 7 nitrogen and oxygen atoms in total. The number of amides is 1. The van der Waals surface area contributed by atoms with E-state index in [0.717, 1.165) is 29.0 Å². The number of ether oxygens (including phenoxy) is 2. The highest BCUT2D eigenvalue weighted by atomic mass is 16.5. The van der Waals surface area contributed by atoms with Gasteiger partial charge in [-0.2, -0.15) is 5.10 Å². The van der Waals surface area contributed by atoms with E-state index in [1.54, 1.807) is 13.2 Å². The summed E-state index contributed by atoms with van der Waals surface area (Å²) in [6.45, 7) is 4.72. The fourth-order valence-electron chi connectivity index (χ4n) is 2.92. The van der Waals surface area contributed by atoms with Gasteiger partial charge in [-0.3, -0.25) is 9.48 Å². The molecular weight excluding hydrogens is 322 g/mol. The van der Waals surface area contributed by atoms with Crippen LogP contribution in [0.5, 0.6) is 11.5 Å². The van der Waals surface area contributed by atoms with Gasteiger partial charge in [0, 0.05) is 42.9 Å². The molecule has 2 heterocycles. The third kappa shape index (κ3) is 3.76. The lowest BCUT2D eigenvalue weighted by Crippen LogP contribution is -2.28. The molecule has 134 valence electrons. The highest BCUT2D eigenvalue weighted by molar-refractivity contribution is 5.81. The summed E-state index contributed by atoms with van der Waals surface area (Å²) in [7, 11) is 1.73. The zero-order valence-corrected chi connectivity index (χ0v) is 14.7. The minimum atomic E-state index is -1.25. The normalized spacial score (nSPS) is 16.9. The van der Waals surface area contributed by atoms with E-state index in [2.05, 4.69) is 10.4 Å². The predicted octanol–water partition coefficient (Wildman–Crippen LogP) is 1.49. The largest absolute Gasteiger partial charge is 0.494 e. The minimum Gasteiger partial charge on any atom is -0.494 e. The zero-order chi connectivity index (χ0) is 18.0. The van der Waals surface area contributed by atoms with Crippen LogP contribution >= 0.6 is 0 Å². The molecule has 0 unspecified atom stereocenters. The van der Waals surface area contributed by atoms with Crippen molar-refractivity contribution in [2.75, 3.05) is 6.61 Å². The van der Waals surface area contributed by atoms with Crippen molar-refractivity contribution in [3.63, 3.8) is 0 Å². The molecule has 1 aliphatic rings. The number of aliphatic hydroxyl groups is 1. The average molecular weight is 345 g/mol. The summed E-state index contributed by atoms with van der Waals surface area (Å²) >= 11 is 0. The first-order valence-corrected chi connectivity index (χ1v) is 8.37. The Bertz CT molecular complexity index is 772. The number of carbonyl (C=O) groups excluding carboxylic acids is 1. The fourth-order valence-corrected chi connectivity index (χ4v) is 2.92. The molecule has 2 aromatic rings. The Kier molecular flexibility index (Phi) is 4.94. The van der Waals surface area contributed by atoms with Crippen LogP contribution in [0.1, 0.15) is 36.6 Å². The maximum Gasteiger partial charge on any atom is 0.253 e. The second kappa shape index (κ2) is 7.14. The number of aryl methyl sites for hydroxylation is 1.